The number of amides is 1. The van der Waals surface area contributed by atoms with E-state index in [4.69, 9.17) is 5.11 Å². The zero-order chi connectivity index (χ0) is 14.5. The topological polar surface area (TPSA) is 69.6 Å². The molecule has 1 aliphatic carbocycles. The predicted octanol–water partition coefficient (Wildman–Crippen LogP) is 1.62. The van der Waals surface area contributed by atoms with Gasteiger partial charge in [-0.3, -0.25) is 14.5 Å². The Morgan fingerprint density at radius 1 is 1.20 bits per heavy atom. The molecule has 0 aromatic rings. The first-order valence-corrected chi connectivity index (χ1v) is 7.89. The summed E-state index contributed by atoms with van der Waals surface area (Å²) in [7, 11) is 0. The SMILES string of the molecule is CCCN1CCCC1C(=O)NC1CCC(C(=O)O)CC1. The summed E-state index contributed by atoms with van der Waals surface area (Å²) >= 11 is 0. The van der Waals surface area contributed by atoms with Crippen LogP contribution in [-0.4, -0.2) is 47.1 Å². The highest BCUT2D eigenvalue weighted by Gasteiger charge is 2.32. The fourth-order valence-corrected chi connectivity index (χ4v) is 3.46. The van der Waals surface area contributed by atoms with Crippen LogP contribution in [0.15, 0.2) is 0 Å². The highest BCUT2D eigenvalue weighted by Crippen LogP contribution is 2.25. The van der Waals surface area contributed by atoms with E-state index in [-0.39, 0.29) is 23.9 Å². The van der Waals surface area contributed by atoms with Crippen molar-refractivity contribution in [1.29, 1.82) is 0 Å². The summed E-state index contributed by atoms with van der Waals surface area (Å²) in [6.45, 7) is 4.15. The normalized spacial score (nSPS) is 31.1. The lowest BCUT2D eigenvalue weighted by molar-refractivity contribution is -0.142. The van der Waals surface area contributed by atoms with Gasteiger partial charge in [0, 0.05) is 6.04 Å². The third-order valence-corrected chi connectivity index (χ3v) is 4.60. The summed E-state index contributed by atoms with van der Waals surface area (Å²) in [6, 6.07) is 0.203. The van der Waals surface area contributed by atoms with Crippen molar-refractivity contribution in [3.63, 3.8) is 0 Å². The first-order valence-electron chi connectivity index (χ1n) is 7.89. The Morgan fingerprint density at radius 2 is 1.90 bits per heavy atom. The van der Waals surface area contributed by atoms with Crippen LogP contribution in [0.1, 0.15) is 51.9 Å². The van der Waals surface area contributed by atoms with E-state index in [1.807, 2.05) is 0 Å². The molecule has 0 radical (unpaired) electrons. The van der Waals surface area contributed by atoms with Gasteiger partial charge >= 0.3 is 5.97 Å². The van der Waals surface area contributed by atoms with Crippen LogP contribution >= 0.6 is 0 Å². The van der Waals surface area contributed by atoms with Gasteiger partial charge in [0.15, 0.2) is 0 Å². The second-order valence-electron chi connectivity index (χ2n) is 6.09. The van der Waals surface area contributed by atoms with Gasteiger partial charge in [0.2, 0.25) is 5.91 Å². The zero-order valence-electron chi connectivity index (χ0n) is 12.3. The molecule has 0 bridgehead atoms. The molecule has 114 valence electrons. The number of nitrogens with one attached hydrogen (secondary N) is 1. The summed E-state index contributed by atoms with van der Waals surface area (Å²) < 4.78 is 0. The first-order chi connectivity index (χ1) is 9.61. The number of carbonyl (C=O) groups is 2. The van der Waals surface area contributed by atoms with Gasteiger partial charge in [-0.1, -0.05) is 6.92 Å². The number of likely N-dealkylation sites (tertiary alicyclic amines) is 1. The maximum atomic E-state index is 12.3. The minimum atomic E-state index is -0.695. The van der Waals surface area contributed by atoms with Crippen molar-refractivity contribution < 1.29 is 14.7 Å². The molecule has 20 heavy (non-hydrogen) atoms. The van der Waals surface area contributed by atoms with Crippen molar-refractivity contribution in [2.45, 2.75) is 64.0 Å². The lowest BCUT2D eigenvalue weighted by atomic mass is 9.86. The van der Waals surface area contributed by atoms with E-state index in [0.717, 1.165) is 45.2 Å². The summed E-state index contributed by atoms with van der Waals surface area (Å²) in [5, 5.41) is 12.1. The van der Waals surface area contributed by atoms with Gasteiger partial charge in [-0.05, 0) is 58.0 Å². The van der Waals surface area contributed by atoms with Crippen LogP contribution < -0.4 is 5.32 Å². The molecule has 0 aromatic carbocycles. The summed E-state index contributed by atoms with van der Waals surface area (Å²) in [6.07, 6.45) is 6.09. The molecule has 0 aromatic heterocycles. The van der Waals surface area contributed by atoms with Gasteiger partial charge in [0.25, 0.3) is 0 Å². The Hall–Kier alpha value is -1.10. The number of hydrogen-bond acceptors (Lipinski definition) is 3. The molecular formula is C15H26N2O3. The van der Waals surface area contributed by atoms with Crippen LogP contribution in [0, 0.1) is 5.92 Å². The zero-order valence-corrected chi connectivity index (χ0v) is 12.3. The van der Waals surface area contributed by atoms with Gasteiger partial charge in [0.1, 0.15) is 0 Å². The summed E-state index contributed by atoms with van der Waals surface area (Å²) in [5.41, 5.74) is 0. The minimum Gasteiger partial charge on any atom is -0.481 e. The fourth-order valence-electron chi connectivity index (χ4n) is 3.46. The number of hydrogen-bond donors (Lipinski definition) is 2. The fraction of sp³-hybridized carbons (Fsp3) is 0.867. The lowest BCUT2D eigenvalue weighted by Gasteiger charge is -2.29. The number of carboxylic acid groups (broad SMARTS) is 1. The van der Waals surface area contributed by atoms with E-state index in [0.29, 0.717) is 12.8 Å². The van der Waals surface area contributed by atoms with Crippen molar-refractivity contribution in [3.05, 3.63) is 0 Å². The third kappa shape index (κ3) is 3.72. The minimum absolute atomic E-state index is 0.0344. The molecule has 2 rings (SSSR count). The number of aliphatic carboxylic acids is 1. The number of carbonyl (C=O) groups excluding carboxylic acids is 1. The number of rotatable bonds is 5. The van der Waals surface area contributed by atoms with E-state index in [9.17, 15) is 9.59 Å². The highest BCUT2D eigenvalue weighted by molar-refractivity contribution is 5.82. The molecule has 1 atom stereocenters. The van der Waals surface area contributed by atoms with Crippen LogP contribution in [0.25, 0.3) is 0 Å². The maximum absolute atomic E-state index is 12.3. The lowest BCUT2D eigenvalue weighted by Crippen LogP contribution is -2.48. The largest absolute Gasteiger partial charge is 0.481 e. The van der Waals surface area contributed by atoms with E-state index in [2.05, 4.69) is 17.1 Å². The van der Waals surface area contributed by atoms with E-state index in [1.54, 1.807) is 0 Å². The second kappa shape index (κ2) is 7.07. The van der Waals surface area contributed by atoms with E-state index in [1.165, 1.54) is 0 Å². The Kier molecular flexibility index (Phi) is 5.40. The molecule has 1 saturated heterocycles. The van der Waals surface area contributed by atoms with Crippen molar-refractivity contribution in [3.8, 4) is 0 Å². The summed E-state index contributed by atoms with van der Waals surface area (Å²) in [5.74, 6) is -0.763. The maximum Gasteiger partial charge on any atom is 0.306 e. The predicted molar refractivity (Wildman–Crippen MR) is 76.4 cm³/mol. The number of nitrogens with zero attached hydrogens (tertiary/aromatic N) is 1. The molecule has 1 heterocycles. The Labute approximate surface area is 120 Å². The second-order valence-corrected chi connectivity index (χ2v) is 6.09. The Morgan fingerprint density at radius 3 is 2.50 bits per heavy atom. The molecular weight excluding hydrogens is 256 g/mol. The molecule has 0 spiro atoms. The van der Waals surface area contributed by atoms with Crippen LogP contribution in [0.4, 0.5) is 0 Å². The van der Waals surface area contributed by atoms with Gasteiger partial charge in [-0.2, -0.15) is 0 Å². The van der Waals surface area contributed by atoms with Crippen LogP contribution in [0.3, 0.4) is 0 Å². The Balaban J connectivity index is 1.79. The molecule has 2 fully saturated rings. The van der Waals surface area contributed by atoms with Gasteiger partial charge in [-0.25, -0.2) is 0 Å². The molecule has 5 heteroatoms. The molecule has 1 amide bonds. The van der Waals surface area contributed by atoms with E-state index < -0.39 is 5.97 Å². The van der Waals surface area contributed by atoms with Crippen molar-refractivity contribution >= 4 is 11.9 Å². The smallest absolute Gasteiger partial charge is 0.306 e. The van der Waals surface area contributed by atoms with Crippen LogP contribution in [0.2, 0.25) is 0 Å². The van der Waals surface area contributed by atoms with Crippen molar-refractivity contribution in [2.24, 2.45) is 5.92 Å². The quantitative estimate of drug-likeness (QED) is 0.804. The monoisotopic (exact) mass is 282 g/mol. The third-order valence-electron chi connectivity index (χ3n) is 4.60. The average Bonchev–Trinajstić information content (AvgIpc) is 2.88. The van der Waals surface area contributed by atoms with Gasteiger partial charge < -0.3 is 10.4 Å². The Bertz CT molecular complexity index is 351. The summed E-state index contributed by atoms with van der Waals surface area (Å²) in [4.78, 5) is 25.5. The molecule has 5 nitrogen and oxygen atoms in total. The average molecular weight is 282 g/mol. The molecule has 1 saturated carbocycles. The molecule has 1 aliphatic heterocycles. The standard InChI is InChI=1S/C15H26N2O3/c1-2-9-17-10-3-4-13(17)14(18)16-12-7-5-11(6-8-12)15(19)20/h11-13H,2-10H2,1H3,(H,16,18)(H,19,20). The molecule has 2 N–H and O–H groups in total. The molecule has 2 aliphatic rings. The number of carboxylic acids is 1. The molecule has 1 unspecified atom stereocenters. The van der Waals surface area contributed by atoms with Gasteiger partial charge in [0.05, 0.1) is 12.0 Å². The van der Waals surface area contributed by atoms with Crippen LogP contribution in [0.5, 0.6) is 0 Å². The highest BCUT2D eigenvalue weighted by atomic mass is 16.4. The van der Waals surface area contributed by atoms with E-state index >= 15 is 0 Å². The first kappa shape index (κ1) is 15.3. The van der Waals surface area contributed by atoms with Crippen molar-refractivity contribution in [1.82, 2.24) is 10.2 Å². The van der Waals surface area contributed by atoms with Crippen LogP contribution in [-0.2, 0) is 9.59 Å². The van der Waals surface area contributed by atoms with Gasteiger partial charge in [-0.15, -0.1) is 0 Å². The van der Waals surface area contributed by atoms with Crippen molar-refractivity contribution in [2.75, 3.05) is 13.1 Å².